The maximum absolute atomic E-state index is 3.16. The van der Waals surface area contributed by atoms with Crippen LogP contribution in [-0.4, -0.2) is 18.9 Å². The first-order chi connectivity index (χ1) is 3.00. The quantitative estimate of drug-likeness (QED) is 0.394. The summed E-state index contributed by atoms with van der Waals surface area (Å²) in [5.74, 6) is 0. The molecule has 0 nitrogen and oxygen atoms in total. The Bertz CT molecular complexity index is 49.2. The molecule has 1 heteroatoms. The Kier molecular flexibility index (Phi) is 4.71. The van der Waals surface area contributed by atoms with Gasteiger partial charge in [0.25, 0.3) is 0 Å². The molecule has 0 aromatic rings. The van der Waals surface area contributed by atoms with Gasteiger partial charge in [-0.05, 0) is 31.8 Å². The van der Waals surface area contributed by atoms with Gasteiger partial charge in [-0.1, -0.05) is 6.08 Å². The van der Waals surface area contributed by atoms with Crippen molar-refractivity contribution < 1.29 is 0 Å². The van der Waals surface area contributed by atoms with Gasteiger partial charge in [0.15, 0.2) is 0 Å². The summed E-state index contributed by atoms with van der Waals surface area (Å²) in [6.07, 6.45) is 10.5. The monoisotopic (exact) mass is 88.1 g/mol. The summed E-state index contributed by atoms with van der Waals surface area (Å²) in [7, 11) is 0. The Morgan fingerprint density at radius 2 is 2.14 bits per heavy atom. The molecule has 34 valence electrons. The van der Waals surface area contributed by atoms with Gasteiger partial charge in [0.2, 0.25) is 0 Å². The molecule has 0 amide bonds. The molecule has 0 bridgehead atoms. The molecular formula is C6H9Li. The number of allylic oxidation sites excluding steroid dienone is 2. The molecule has 0 aliphatic heterocycles. The normalized spacial score (nSPS) is 18.3. The van der Waals surface area contributed by atoms with Gasteiger partial charge in [0.1, 0.15) is 0 Å². The second-order valence-corrected chi connectivity index (χ2v) is 1.65. The fourth-order valence-corrected chi connectivity index (χ4v) is 0.678. The van der Waals surface area contributed by atoms with Crippen LogP contribution in [0.5, 0.6) is 0 Å². The molecule has 0 aromatic heterocycles. The third-order valence-corrected chi connectivity index (χ3v) is 1.06. The van der Waals surface area contributed by atoms with Gasteiger partial charge >= 0.3 is 0 Å². The van der Waals surface area contributed by atoms with Crippen molar-refractivity contribution >= 4 is 18.9 Å². The van der Waals surface area contributed by atoms with Crippen molar-refractivity contribution in [2.75, 3.05) is 0 Å². The molecular weight excluding hydrogens is 79.0 g/mol. The first-order valence-electron chi connectivity index (χ1n) is 2.55. The largest absolute Gasteiger partial charge is 0.0811 e. The van der Waals surface area contributed by atoms with E-state index in [4.69, 9.17) is 0 Å². The van der Waals surface area contributed by atoms with Crippen LogP contribution in [0.15, 0.2) is 6.08 Å². The summed E-state index contributed by atoms with van der Waals surface area (Å²) in [4.78, 5) is 0. The smallest absolute Gasteiger partial charge is 0 e. The minimum atomic E-state index is 0. The maximum Gasteiger partial charge on any atom is 0 e. The zero-order chi connectivity index (χ0) is 4.24. The Morgan fingerprint density at radius 1 is 1.29 bits per heavy atom. The van der Waals surface area contributed by atoms with Gasteiger partial charge in [-0.2, -0.15) is 0 Å². The first-order valence-corrected chi connectivity index (χ1v) is 2.55. The Balaban J connectivity index is 0.000000360. The molecule has 7 heavy (non-hydrogen) atoms. The second kappa shape index (κ2) is 4.50. The molecule has 0 aromatic carbocycles. The van der Waals surface area contributed by atoms with Crippen LogP contribution in [0.4, 0.5) is 0 Å². The molecule has 0 saturated heterocycles. The van der Waals surface area contributed by atoms with Gasteiger partial charge < -0.3 is 0 Å². The summed E-state index contributed by atoms with van der Waals surface area (Å²) < 4.78 is 0. The number of hydrogen-bond acceptors (Lipinski definition) is 0. The molecule has 0 N–H and O–H groups in total. The third kappa shape index (κ3) is 2.97. The molecule has 0 spiro atoms. The SMILES string of the molecule is [C]1=CCCCC1.[Li]. The van der Waals surface area contributed by atoms with Crippen molar-refractivity contribution in [3.8, 4) is 0 Å². The van der Waals surface area contributed by atoms with Crippen LogP contribution < -0.4 is 0 Å². The van der Waals surface area contributed by atoms with Crippen LogP contribution in [0.3, 0.4) is 0 Å². The predicted molar refractivity (Wildman–Crippen MR) is 32.0 cm³/mol. The molecule has 0 fully saturated rings. The zero-order valence-corrected chi connectivity index (χ0v) is 4.91. The summed E-state index contributed by atoms with van der Waals surface area (Å²) in [6, 6.07) is 0. The van der Waals surface area contributed by atoms with E-state index in [1.165, 1.54) is 25.7 Å². The van der Waals surface area contributed by atoms with E-state index < -0.39 is 0 Å². The minimum absolute atomic E-state index is 0. The Morgan fingerprint density at radius 3 is 2.29 bits per heavy atom. The molecule has 1 rings (SSSR count). The van der Waals surface area contributed by atoms with Crippen LogP contribution >= 0.6 is 0 Å². The van der Waals surface area contributed by atoms with E-state index in [1.54, 1.807) is 0 Å². The summed E-state index contributed by atoms with van der Waals surface area (Å²) >= 11 is 0. The third-order valence-electron chi connectivity index (χ3n) is 1.06. The van der Waals surface area contributed by atoms with Gasteiger partial charge in [0, 0.05) is 18.9 Å². The second-order valence-electron chi connectivity index (χ2n) is 1.65. The van der Waals surface area contributed by atoms with Gasteiger partial charge in [-0.15, -0.1) is 0 Å². The first kappa shape index (κ1) is 7.34. The van der Waals surface area contributed by atoms with Gasteiger partial charge in [-0.3, -0.25) is 0 Å². The zero-order valence-electron chi connectivity index (χ0n) is 4.91. The molecule has 1 aliphatic carbocycles. The summed E-state index contributed by atoms with van der Waals surface area (Å²) in [6.45, 7) is 0. The number of hydrogen-bond donors (Lipinski definition) is 0. The van der Waals surface area contributed by atoms with E-state index in [1.807, 2.05) is 0 Å². The van der Waals surface area contributed by atoms with E-state index in [9.17, 15) is 0 Å². The Hall–Kier alpha value is 0.337. The Labute approximate surface area is 57.2 Å². The topological polar surface area (TPSA) is 0 Å². The fourth-order valence-electron chi connectivity index (χ4n) is 0.678. The van der Waals surface area contributed by atoms with Crippen LogP contribution in [0.2, 0.25) is 0 Å². The van der Waals surface area contributed by atoms with Crippen molar-refractivity contribution in [2.24, 2.45) is 0 Å². The summed E-state index contributed by atoms with van der Waals surface area (Å²) in [5.41, 5.74) is 0. The molecule has 2 radical (unpaired) electrons. The standard InChI is InChI=1S/C6H9.Li/c1-2-4-6-5-3-1;/h1H,2,4-6H2;. The van der Waals surface area contributed by atoms with Crippen molar-refractivity contribution in [3.05, 3.63) is 12.2 Å². The van der Waals surface area contributed by atoms with Crippen LogP contribution in [0, 0.1) is 6.08 Å². The average molecular weight is 88.1 g/mol. The minimum Gasteiger partial charge on any atom is -0.0811 e. The molecule has 1 aliphatic rings. The molecule has 0 atom stereocenters. The van der Waals surface area contributed by atoms with Crippen LogP contribution in [-0.2, 0) is 0 Å². The van der Waals surface area contributed by atoms with E-state index in [-0.39, 0.29) is 18.9 Å². The average Bonchev–Trinajstić information content (AvgIpc) is 1.72. The predicted octanol–water partition coefficient (Wildman–Crippen LogP) is 1.54. The van der Waals surface area contributed by atoms with E-state index >= 15 is 0 Å². The fraction of sp³-hybridized carbons (Fsp3) is 0.667. The molecule has 0 saturated carbocycles. The molecule has 0 heterocycles. The van der Waals surface area contributed by atoms with Crippen molar-refractivity contribution in [3.63, 3.8) is 0 Å². The van der Waals surface area contributed by atoms with Gasteiger partial charge in [-0.25, -0.2) is 0 Å². The van der Waals surface area contributed by atoms with Crippen molar-refractivity contribution in [1.29, 1.82) is 0 Å². The van der Waals surface area contributed by atoms with Crippen LogP contribution in [0.1, 0.15) is 25.7 Å². The van der Waals surface area contributed by atoms with E-state index in [0.29, 0.717) is 0 Å². The van der Waals surface area contributed by atoms with E-state index in [2.05, 4.69) is 12.2 Å². The number of rotatable bonds is 0. The van der Waals surface area contributed by atoms with Crippen LogP contribution in [0.25, 0.3) is 0 Å². The summed E-state index contributed by atoms with van der Waals surface area (Å²) in [5, 5.41) is 0. The maximum atomic E-state index is 3.16. The van der Waals surface area contributed by atoms with E-state index in [0.717, 1.165) is 0 Å². The van der Waals surface area contributed by atoms with Crippen molar-refractivity contribution in [1.82, 2.24) is 0 Å². The molecule has 0 unspecified atom stereocenters. The van der Waals surface area contributed by atoms with Crippen molar-refractivity contribution in [2.45, 2.75) is 25.7 Å². The van der Waals surface area contributed by atoms with Gasteiger partial charge in [0.05, 0.1) is 0 Å².